The lowest BCUT2D eigenvalue weighted by atomic mass is 10.1. The Morgan fingerprint density at radius 1 is 1.35 bits per heavy atom. The van der Waals surface area contributed by atoms with E-state index in [4.69, 9.17) is 5.11 Å². The van der Waals surface area contributed by atoms with E-state index >= 15 is 0 Å². The summed E-state index contributed by atoms with van der Waals surface area (Å²) in [5.74, 6) is -4.14. The predicted octanol–water partition coefficient (Wildman–Crippen LogP) is 2.43. The maximum Gasteiger partial charge on any atom is 0.308 e. The molecule has 0 saturated heterocycles. The molecular weight excluding hydrogens is 344 g/mol. The molecule has 3 rings (SSSR count). The average molecular weight is 363 g/mol. The standard InChI is InChI=1S/C18H19F2N3O3/c1-10(18(25)26)9-22(2)17(24)16-11-5-3-7-13(11)23(21-16)14-8-4-6-12(19)15(14)20/h4,6,8,10H,3,5,7,9H2,1-2H3,(H,25,26). The van der Waals surface area contributed by atoms with Crippen LogP contribution in [-0.2, 0) is 17.6 Å². The number of rotatable bonds is 5. The molecule has 1 amide bonds. The molecule has 8 heteroatoms. The topological polar surface area (TPSA) is 75.4 Å². The van der Waals surface area contributed by atoms with E-state index in [1.807, 2.05) is 0 Å². The molecule has 0 fully saturated rings. The zero-order valence-corrected chi connectivity index (χ0v) is 14.5. The summed E-state index contributed by atoms with van der Waals surface area (Å²) in [6, 6.07) is 3.82. The van der Waals surface area contributed by atoms with Gasteiger partial charge in [0.2, 0.25) is 0 Å². The minimum atomic E-state index is -1.02. The third-order valence-corrected chi connectivity index (χ3v) is 4.61. The van der Waals surface area contributed by atoms with Gasteiger partial charge in [-0.25, -0.2) is 13.5 Å². The third-order valence-electron chi connectivity index (χ3n) is 4.61. The average Bonchev–Trinajstić information content (AvgIpc) is 3.19. The maximum absolute atomic E-state index is 14.2. The molecule has 1 aromatic heterocycles. The second-order valence-corrected chi connectivity index (χ2v) is 6.54. The van der Waals surface area contributed by atoms with Crippen LogP contribution in [0.3, 0.4) is 0 Å². The highest BCUT2D eigenvalue weighted by atomic mass is 19.2. The number of halogens is 2. The number of amides is 1. The van der Waals surface area contributed by atoms with E-state index < -0.39 is 29.4 Å². The van der Waals surface area contributed by atoms with Crippen LogP contribution in [0.25, 0.3) is 5.69 Å². The van der Waals surface area contributed by atoms with Crippen LogP contribution < -0.4 is 0 Å². The monoisotopic (exact) mass is 363 g/mol. The molecule has 1 aromatic carbocycles. The lowest BCUT2D eigenvalue weighted by Gasteiger charge is -2.18. The van der Waals surface area contributed by atoms with Gasteiger partial charge in [0.25, 0.3) is 5.91 Å². The molecule has 1 atom stereocenters. The summed E-state index contributed by atoms with van der Waals surface area (Å²) >= 11 is 0. The molecular formula is C18H19F2N3O3. The summed E-state index contributed by atoms with van der Waals surface area (Å²) in [7, 11) is 1.50. The highest BCUT2D eigenvalue weighted by Gasteiger charge is 2.30. The molecule has 138 valence electrons. The Hall–Kier alpha value is -2.77. The zero-order valence-electron chi connectivity index (χ0n) is 14.5. The van der Waals surface area contributed by atoms with Crippen molar-refractivity contribution in [3.05, 3.63) is 46.8 Å². The van der Waals surface area contributed by atoms with Crippen molar-refractivity contribution in [2.75, 3.05) is 13.6 Å². The van der Waals surface area contributed by atoms with Gasteiger partial charge in [-0.3, -0.25) is 9.59 Å². The molecule has 0 aliphatic heterocycles. The van der Waals surface area contributed by atoms with E-state index in [0.717, 1.165) is 12.5 Å². The van der Waals surface area contributed by atoms with E-state index in [1.54, 1.807) is 0 Å². The van der Waals surface area contributed by atoms with Gasteiger partial charge in [0, 0.05) is 24.8 Å². The Bertz CT molecular complexity index is 879. The van der Waals surface area contributed by atoms with Crippen LogP contribution in [0.1, 0.15) is 35.1 Å². The number of hydrogen-bond acceptors (Lipinski definition) is 3. The minimum Gasteiger partial charge on any atom is -0.481 e. The van der Waals surface area contributed by atoms with Crippen LogP contribution in [0, 0.1) is 17.6 Å². The highest BCUT2D eigenvalue weighted by Crippen LogP contribution is 2.29. The van der Waals surface area contributed by atoms with Gasteiger partial charge in [-0.1, -0.05) is 13.0 Å². The number of carboxylic acid groups (broad SMARTS) is 1. The number of carbonyl (C=O) groups excluding carboxylic acids is 1. The van der Waals surface area contributed by atoms with Crippen molar-refractivity contribution in [3.8, 4) is 5.69 Å². The summed E-state index contributed by atoms with van der Waals surface area (Å²) in [6.07, 6.45) is 2.02. The Morgan fingerprint density at radius 2 is 2.08 bits per heavy atom. The largest absolute Gasteiger partial charge is 0.481 e. The van der Waals surface area contributed by atoms with Crippen molar-refractivity contribution >= 4 is 11.9 Å². The van der Waals surface area contributed by atoms with E-state index in [2.05, 4.69) is 5.10 Å². The van der Waals surface area contributed by atoms with Gasteiger partial charge in [-0.05, 0) is 31.4 Å². The molecule has 2 aromatic rings. The molecule has 6 nitrogen and oxygen atoms in total. The number of carbonyl (C=O) groups is 2. The molecule has 0 spiro atoms. The van der Waals surface area contributed by atoms with Crippen LogP contribution in [-0.4, -0.2) is 45.3 Å². The molecule has 1 heterocycles. The molecule has 1 aliphatic rings. The second kappa shape index (κ2) is 6.86. The molecule has 26 heavy (non-hydrogen) atoms. The maximum atomic E-state index is 14.2. The van der Waals surface area contributed by atoms with Crippen LogP contribution in [0.15, 0.2) is 18.2 Å². The Balaban J connectivity index is 1.99. The summed E-state index contributed by atoms with van der Waals surface area (Å²) in [5, 5.41) is 13.3. The Labute approximate surface area is 149 Å². The Morgan fingerprint density at radius 3 is 2.77 bits per heavy atom. The second-order valence-electron chi connectivity index (χ2n) is 6.54. The van der Waals surface area contributed by atoms with E-state index in [-0.39, 0.29) is 17.9 Å². The first-order chi connectivity index (χ1) is 12.3. The molecule has 1 aliphatic carbocycles. The number of nitrogens with zero attached hydrogens (tertiary/aromatic N) is 3. The first-order valence-corrected chi connectivity index (χ1v) is 8.34. The lowest BCUT2D eigenvalue weighted by Crippen LogP contribution is -2.34. The van der Waals surface area contributed by atoms with Crippen molar-refractivity contribution in [1.82, 2.24) is 14.7 Å². The fraction of sp³-hybridized carbons (Fsp3) is 0.389. The summed E-state index contributed by atoms with van der Waals surface area (Å²) in [6.45, 7) is 1.54. The predicted molar refractivity (Wildman–Crippen MR) is 89.3 cm³/mol. The van der Waals surface area contributed by atoms with Gasteiger partial charge < -0.3 is 10.0 Å². The molecule has 0 bridgehead atoms. The van der Waals surface area contributed by atoms with Crippen molar-refractivity contribution in [2.24, 2.45) is 5.92 Å². The van der Waals surface area contributed by atoms with Crippen molar-refractivity contribution in [3.63, 3.8) is 0 Å². The summed E-state index contributed by atoms with van der Waals surface area (Å²) in [4.78, 5) is 25.1. The fourth-order valence-corrected chi connectivity index (χ4v) is 3.22. The van der Waals surface area contributed by atoms with Gasteiger partial charge in [-0.2, -0.15) is 5.10 Å². The van der Waals surface area contributed by atoms with Gasteiger partial charge in [0.15, 0.2) is 17.3 Å². The number of aliphatic carboxylic acids is 1. The van der Waals surface area contributed by atoms with Crippen LogP contribution >= 0.6 is 0 Å². The van der Waals surface area contributed by atoms with Gasteiger partial charge in [0.1, 0.15) is 5.69 Å². The van der Waals surface area contributed by atoms with E-state index in [1.165, 1.54) is 35.7 Å². The minimum absolute atomic E-state index is 0.0319. The van der Waals surface area contributed by atoms with Crippen molar-refractivity contribution in [1.29, 1.82) is 0 Å². The van der Waals surface area contributed by atoms with Crippen molar-refractivity contribution in [2.45, 2.75) is 26.2 Å². The zero-order chi connectivity index (χ0) is 19.0. The number of fused-ring (bicyclic) bond motifs is 1. The van der Waals surface area contributed by atoms with Crippen molar-refractivity contribution < 1.29 is 23.5 Å². The first-order valence-electron chi connectivity index (χ1n) is 8.34. The van der Waals surface area contributed by atoms with Crippen LogP contribution in [0.5, 0.6) is 0 Å². The third kappa shape index (κ3) is 3.07. The van der Waals surface area contributed by atoms with Crippen LogP contribution in [0.2, 0.25) is 0 Å². The SMILES string of the molecule is CC(CN(C)C(=O)c1nn(-c2cccc(F)c2F)c2c1CCC2)C(=O)O. The smallest absolute Gasteiger partial charge is 0.308 e. The van der Waals surface area contributed by atoms with Gasteiger partial charge in [-0.15, -0.1) is 0 Å². The number of benzene rings is 1. The molecule has 0 saturated carbocycles. The normalized spacial score (nSPS) is 14.2. The lowest BCUT2D eigenvalue weighted by molar-refractivity contribution is -0.141. The summed E-state index contributed by atoms with van der Waals surface area (Å²) in [5.41, 5.74) is 1.54. The van der Waals surface area contributed by atoms with Gasteiger partial charge in [0.05, 0.1) is 5.92 Å². The molecule has 1 unspecified atom stereocenters. The number of aromatic nitrogens is 2. The van der Waals surface area contributed by atoms with E-state index in [0.29, 0.717) is 24.1 Å². The molecule has 1 N–H and O–H groups in total. The van der Waals surface area contributed by atoms with E-state index in [9.17, 15) is 18.4 Å². The fourth-order valence-electron chi connectivity index (χ4n) is 3.22. The van der Waals surface area contributed by atoms with Gasteiger partial charge >= 0.3 is 5.97 Å². The summed E-state index contributed by atoms with van der Waals surface area (Å²) < 4.78 is 29.1. The highest BCUT2D eigenvalue weighted by molar-refractivity contribution is 5.94. The Kier molecular flexibility index (Phi) is 4.76. The number of hydrogen-bond donors (Lipinski definition) is 1. The number of carboxylic acids is 1. The van der Waals surface area contributed by atoms with Crippen LogP contribution in [0.4, 0.5) is 8.78 Å². The first kappa shape index (κ1) is 18.0. The molecule has 0 radical (unpaired) electrons. The quantitative estimate of drug-likeness (QED) is 0.885.